The fourth-order valence-corrected chi connectivity index (χ4v) is 4.19. The lowest BCUT2D eigenvalue weighted by Gasteiger charge is -2.35. The molecule has 1 aliphatic rings. The lowest BCUT2D eigenvalue weighted by Crippen LogP contribution is -2.25. The summed E-state index contributed by atoms with van der Waals surface area (Å²) in [5.41, 5.74) is 6.79. The van der Waals surface area contributed by atoms with Crippen molar-refractivity contribution in [2.45, 2.75) is 46.3 Å². The number of hydrogen-bond donors (Lipinski definition) is 0. The Morgan fingerprint density at radius 3 is 2.71 bits per heavy atom. The molecule has 2 aromatic rings. The van der Waals surface area contributed by atoms with Gasteiger partial charge in [-0.05, 0) is 67.5 Å². The van der Waals surface area contributed by atoms with E-state index in [1.54, 1.807) is 19.2 Å². The van der Waals surface area contributed by atoms with Crippen molar-refractivity contribution in [2.24, 2.45) is 5.92 Å². The minimum atomic E-state index is -0.390. The minimum Gasteiger partial charge on any atom is -0.489 e. The molecule has 3 rings (SSSR count). The molecule has 0 N–H and O–H groups in total. The zero-order valence-electron chi connectivity index (χ0n) is 17.0. The van der Waals surface area contributed by atoms with Gasteiger partial charge in [0, 0.05) is 25.2 Å². The number of methoxy groups -OCH3 is 1. The summed E-state index contributed by atoms with van der Waals surface area (Å²) in [7, 11) is 1.75. The Morgan fingerprint density at radius 1 is 1.32 bits per heavy atom. The summed E-state index contributed by atoms with van der Waals surface area (Å²) < 4.78 is 12.0. The first-order valence-corrected chi connectivity index (χ1v) is 9.50. The fourth-order valence-electron chi connectivity index (χ4n) is 4.19. The van der Waals surface area contributed by atoms with Crippen molar-refractivity contribution < 1.29 is 14.4 Å². The van der Waals surface area contributed by atoms with Gasteiger partial charge in [0.2, 0.25) is 0 Å². The van der Waals surface area contributed by atoms with Crippen LogP contribution >= 0.6 is 0 Å². The highest BCUT2D eigenvalue weighted by atomic mass is 16.6. The molecule has 0 amide bonds. The minimum absolute atomic E-state index is 0.0266. The normalized spacial score (nSPS) is 18.4. The number of nitro benzene ring substituents is 1. The summed E-state index contributed by atoms with van der Waals surface area (Å²) in [6.07, 6.45) is 2.01. The van der Waals surface area contributed by atoms with Crippen molar-refractivity contribution in [3.8, 4) is 5.75 Å². The van der Waals surface area contributed by atoms with E-state index >= 15 is 0 Å². The van der Waals surface area contributed by atoms with E-state index in [0.29, 0.717) is 5.92 Å². The quantitative estimate of drug-likeness (QED) is 0.370. The molecule has 0 fully saturated rings. The monoisotopic (exact) mass is 381 g/mol. The third-order valence-electron chi connectivity index (χ3n) is 5.68. The van der Waals surface area contributed by atoms with Crippen LogP contribution in [0, 0.1) is 29.9 Å². The number of ether oxygens (including phenoxy) is 2. The molecule has 5 heteroatoms. The van der Waals surface area contributed by atoms with Crippen molar-refractivity contribution in [2.75, 3.05) is 7.11 Å². The van der Waals surface area contributed by atoms with Crippen LogP contribution in [-0.2, 0) is 17.8 Å². The summed E-state index contributed by atoms with van der Waals surface area (Å²) in [5.74, 6) is 1.09. The van der Waals surface area contributed by atoms with Crippen LogP contribution < -0.4 is 4.74 Å². The molecule has 0 bridgehead atoms. The van der Waals surface area contributed by atoms with Crippen LogP contribution in [0.15, 0.2) is 42.5 Å². The van der Waals surface area contributed by atoms with Crippen molar-refractivity contribution >= 4 is 5.69 Å². The summed E-state index contributed by atoms with van der Waals surface area (Å²) in [4.78, 5) is 10.6. The van der Waals surface area contributed by atoms with Crippen LogP contribution in [0.5, 0.6) is 5.75 Å². The van der Waals surface area contributed by atoms with E-state index in [9.17, 15) is 10.1 Å². The highest BCUT2D eigenvalue weighted by Crippen LogP contribution is 2.45. The molecule has 1 aliphatic carbocycles. The van der Waals surface area contributed by atoms with Crippen LogP contribution in [0.3, 0.4) is 0 Å². The Labute approximate surface area is 166 Å². The van der Waals surface area contributed by atoms with Crippen LogP contribution in [0.1, 0.15) is 47.3 Å². The third-order valence-corrected chi connectivity index (χ3v) is 5.68. The lowest BCUT2D eigenvalue weighted by molar-refractivity contribution is -0.384. The van der Waals surface area contributed by atoms with Gasteiger partial charge in [-0.2, -0.15) is 0 Å². The molecule has 0 aliphatic heterocycles. The molecule has 5 nitrogen and oxygen atoms in total. The first-order chi connectivity index (χ1) is 13.3. The highest BCUT2D eigenvalue weighted by molar-refractivity contribution is 5.52. The first kappa shape index (κ1) is 20.1. The number of aryl methyl sites for hydroxylation is 1. The van der Waals surface area contributed by atoms with Crippen molar-refractivity contribution in [1.82, 2.24) is 0 Å². The fraction of sp³-hybridized carbons (Fsp3) is 0.391. The maximum atomic E-state index is 11.0. The summed E-state index contributed by atoms with van der Waals surface area (Å²) >= 11 is 0. The molecular formula is C23H27NO4. The van der Waals surface area contributed by atoms with E-state index in [1.165, 1.54) is 22.8 Å². The number of nitro groups is 1. The molecule has 0 spiro atoms. The third kappa shape index (κ3) is 3.80. The molecule has 0 saturated heterocycles. The lowest BCUT2D eigenvalue weighted by atomic mass is 9.75. The zero-order valence-corrected chi connectivity index (χ0v) is 17.0. The number of hydrogen-bond acceptors (Lipinski definition) is 4. The molecule has 148 valence electrons. The molecule has 0 unspecified atom stereocenters. The van der Waals surface area contributed by atoms with Crippen molar-refractivity contribution in [3.05, 3.63) is 80.4 Å². The van der Waals surface area contributed by atoms with Gasteiger partial charge in [-0.25, -0.2) is 0 Å². The van der Waals surface area contributed by atoms with Crippen LogP contribution in [0.2, 0.25) is 0 Å². The van der Waals surface area contributed by atoms with Gasteiger partial charge in [0.1, 0.15) is 12.4 Å². The maximum absolute atomic E-state index is 11.0. The molecule has 0 heterocycles. The Balaban J connectivity index is 1.93. The second-order valence-electron chi connectivity index (χ2n) is 7.57. The molecule has 0 radical (unpaired) electrons. The standard InChI is InChI=1S/C23H27NO4/c1-14(2)19-9-10-20-15(3)11-21(16(4)22(20)23(19)27-5)28-13-17-7-6-8-18(12-17)24(25)26/h6-8,11-12,19,23H,1,9-10,13H2,2-5H3/t19-,23+/m0/s1. The SMILES string of the molecule is C=C(C)[C@@H]1CCc2c(C)cc(OCc3cccc([N+](=O)[O-])c3)c(C)c2[C@@H]1OC. The van der Waals surface area contributed by atoms with Crippen LogP contribution in [0.25, 0.3) is 0 Å². The maximum Gasteiger partial charge on any atom is 0.269 e. The van der Waals surface area contributed by atoms with Crippen molar-refractivity contribution in [1.29, 1.82) is 0 Å². The summed E-state index contributed by atoms with van der Waals surface area (Å²) in [6.45, 7) is 10.7. The molecule has 0 saturated carbocycles. The largest absolute Gasteiger partial charge is 0.489 e. The molecular weight excluding hydrogens is 354 g/mol. The van der Waals surface area contributed by atoms with E-state index in [2.05, 4.69) is 33.4 Å². The first-order valence-electron chi connectivity index (χ1n) is 9.50. The number of benzene rings is 2. The second kappa shape index (κ2) is 8.15. The van der Waals surface area contributed by atoms with E-state index in [0.717, 1.165) is 35.3 Å². The molecule has 0 aromatic heterocycles. The van der Waals surface area contributed by atoms with Gasteiger partial charge >= 0.3 is 0 Å². The summed E-state index contributed by atoms with van der Waals surface area (Å²) in [6, 6.07) is 8.62. The van der Waals surface area contributed by atoms with Gasteiger partial charge in [-0.15, -0.1) is 0 Å². The van der Waals surface area contributed by atoms with Gasteiger partial charge in [-0.3, -0.25) is 10.1 Å². The van der Waals surface area contributed by atoms with Gasteiger partial charge < -0.3 is 9.47 Å². The van der Waals surface area contributed by atoms with E-state index in [1.807, 2.05) is 6.07 Å². The van der Waals surface area contributed by atoms with E-state index < -0.39 is 4.92 Å². The van der Waals surface area contributed by atoms with Gasteiger partial charge in [0.05, 0.1) is 11.0 Å². The number of rotatable bonds is 6. The second-order valence-corrected chi connectivity index (χ2v) is 7.57. The highest BCUT2D eigenvalue weighted by Gasteiger charge is 2.33. The van der Waals surface area contributed by atoms with Gasteiger partial charge in [-0.1, -0.05) is 24.3 Å². The smallest absolute Gasteiger partial charge is 0.269 e. The zero-order chi connectivity index (χ0) is 20.4. The van der Waals surface area contributed by atoms with E-state index in [-0.39, 0.29) is 18.4 Å². The Bertz CT molecular complexity index is 919. The van der Waals surface area contributed by atoms with Crippen LogP contribution in [0.4, 0.5) is 5.69 Å². The Kier molecular flexibility index (Phi) is 5.84. The Hall–Kier alpha value is -2.66. The summed E-state index contributed by atoms with van der Waals surface area (Å²) in [5, 5.41) is 11.0. The number of nitrogens with zero attached hydrogens (tertiary/aromatic N) is 1. The van der Waals surface area contributed by atoms with Gasteiger partial charge in [0.15, 0.2) is 0 Å². The predicted octanol–water partition coefficient (Wildman–Crippen LogP) is 5.62. The van der Waals surface area contributed by atoms with Crippen molar-refractivity contribution in [3.63, 3.8) is 0 Å². The van der Waals surface area contributed by atoms with E-state index in [4.69, 9.17) is 9.47 Å². The average Bonchev–Trinajstić information content (AvgIpc) is 2.68. The molecule has 2 atom stereocenters. The number of fused-ring (bicyclic) bond motifs is 1. The predicted molar refractivity (Wildman–Crippen MR) is 110 cm³/mol. The molecule has 2 aromatic carbocycles. The average molecular weight is 381 g/mol. The Morgan fingerprint density at radius 2 is 2.07 bits per heavy atom. The number of non-ortho nitro benzene ring substituents is 1. The van der Waals surface area contributed by atoms with Gasteiger partial charge in [0.25, 0.3) is 5.69 Å². The van der Waals surface area contributed by atoms with Crippen LogP contribution in [-0.4, -0.2) is 12.0 Å². The molecule has 28 heavy (non-hydrogen) atoms. The topological polar surface area (TPSA) is 61.6 Å².